The highest BCUT2D eigenvalue weighted by Gasteiger charge is 2.16. The van der Waals surface area contributed by atoms with E-state index in [0.29, 0.717) is 5.75 Å². The number of carbonyl (C=O) groups excluding carboxylic acids is 2. The summed E-state index contributed by atoms with van der Waals surface area (Å²) in [4.78, 5) is 27.8. The first kappa shape index (κ1) is 22.9. The monoisotopic (exact) mass is 419 g/mol. The number of nitrogens with zero attached hydrogens (tertiary/aromatic N) is 1. The van der Waals surface area contributed by atoms with Crippen LogP contribution in [0.1, 0.15) is 71.3 Å². The van der Waals surface area contributed by atoms with Crippen molar-refractivity contribution in [2.75, 3.05) is 20.8 Å². The van der Waals surface area contributed by atoms with Crippen molar-refractivity contribution in [3.05, 3.63) is 39.8 Å². The van der Waals surface area contributed by atoms with E-state index >= 15 is 0 Å². The number of aromatic nitrogens is 1. The minimum absolute atomic E-state index is 0.131. The molecule has 0 unspecified atom stereocenters. The van der Waals surface area contributed by atoms with Crippen molar-refractivity contribution in [1.82, 2.24) is 4.98 Å². The van der Waals surface area contributed by atoms with Gasteiger partial charge in [0, 0.05) is 5.38 Å². The van der Waals surface area contributed by atoms with E-state index in [1.165, 1.54) is 44.6 Å². The van der Waals surface area contributed by atoms with Crippen molar-refractivity contribution in [3.8, 4) is 11.5 Å². The number of rotatable bonds is 13. The number of ketones is 1. The van der Waals surface area contributed by atoms with Gasteiger partial charge in [0.25, 0.3) is 0 Å². The number of Topliss-reactive ketones (excluding diaryl/α,β-unsaturated/α-hetero) is 1. The summed E-state index contributed by atoms with van der Waals surface area (Å²) >= 11 is 1.10. The van der Waals surface area contributed by atoms with Crippen molar-refractivity contribution < 1.29 is 23.8 Å². The Hall–Kier alpha value is -2.41. The largest absolute Gasteiger partial charge is 0.496 e. The van der Waals surface area contributed by atoms with Crippen LogP contribution in [-0.2, 0) is 11.2 Å². The van der Waals surface area contributed by atoms with Crippen molar-refractivity contribution in [2.24, 2.45) is 0 Å². The summed E-state index contributed by atoms with van der Waals surface area (Å²) < 4.78 is 15.7. The molecule has 2 rings (SSSR count). The van der Waals surface area contributed by atoms with E-state index in [4.69, 9.17) is 9.47 Å². The molecule has 0 fully saturated rings. The average Bonchev–Trinajstić information content (AvgIpc) is 3.24. The number of aryl methyl sites for hydroxylation is 1. The van der Waals surface area contributed by atoms with E-state index in [9.17, 15) is 9.59 Å². The number of methoxy groups -OCH3 is 2. The molecular weight excluding hydrogens is 390 g/mol. The van der Waals surface area contributed by atoms with Crippen LogP contribution in [0.2, 0.25) is 0 Å². The third-order valence-corrected chi connectivity index (χ3v) is 5.44. The van der Waals surface area contributed by atoms with Gasteiger partial charge in [-0.2, -0.15) is 0 Å². The number of ether oxygens (including phenoxy) is 3. The summed E-state index contributed by atoms with van der Waals surface area (Å²) in [6.07, 6.45) is 8.28. The standard InChI is InChI=1S/C22H29NO5S/c1-4-5-6-7-8-9-10-16-13-17(11-12-20(16)26-2)28-14-19(24)21-23-18(15-29-21)22(25)27-3/h11-13,15H,4-10,14H2,1-3H3. The van der Waals surface area contributed by atoms with Crippen LogP contribution in [0, 0.1) is 0 Å². The first-order chi connectivity index (χ1) is 14.1. The zero-order valence-corrected chi connectivity index (χ0v) is 18.2. The second-order valence-corrected chi connectivity index (χ2v) is 7.59. The van der Waals surface area contributed by atoms with Crippen LogP contribution in [0.5, 0.6) is 11.5 Å². The van der Waals surface area contributed by atoms with E-state index in [1.807, 2.05) is 12.1 Å². The summed E-state index contributed by atoms with van der Waals surface area (Å²) in [5.74, 6) is 0.610. The molecule has 7 heteroatoms. The summed E-state index contributed by atoms with van der Waals surface area (Å²) in [7, 11) is 2.93. The van der Waals surface area contributed by atoms with Crippen LogP contribution < -0.4 is 9.47 Å². The summed E-state index contributed by atoms with van der Waals surface area (Å²) in [5, 5.41) is 1.73. The van der Waals surface area contributed by atoms with Gasteiger partial charge in [0.15, 0.2) is 17.3 Å². The van der Waals surface area contributed by atoms with E-state index in [0.717, 1.165) is 35.5 Å². The van der Waals surface area contributed by atoms with Crippen LogP contribution >= 0.6 is 11.3 Å². The van der Waals surface area contributed by atoms with Gasteiger partial charge >= 0.3 is 5.97 Å². The second-order valence-electron chi connectivity index (χ2n) is 6.73. The highest BCUT2D eigenvalue weighted by molar-refractivity contribution is 7.12. The van der Waals surface area contributed by atoms with Gasteiger partial charge in [0.05, 0.1) is 14.2 Å². The van der Waals surface area contributed by atoms with Gasteiger partial charge in [0.2, 0.25) is 5.78 Å². The highest BCUT2D eigenvalue weighted by Crippen LogP contribution is 2.26. The van der Waals surface area contributed by atoms with Crippen molar-refractivity contribution in [1.29, 1.82) is 0 Å². The highest BCUT2D eigenvalue weighted by atomic mass is 32.1. The number of esters is 1. The van der Waals surface area contributed by atoms with E-state index in [2.05, 4.69) is 16.6 Å². The maximum Gasteiger partial charge on any atom is 0.357 e. The molecule has 0 N–H and O–H groups in total. The van der Waals surface area contributed by atoms with Gasteiger partial charge in [-0.25, -0.2) is 9.78 Å². The molecule has 0 aliphatic rings. The average molecular weight is 420 g/mol. The summed E-state index contributed by atoms with van der Waals surface area (Å²) in [5.41, 5.74) is 1.21. The Balaban J connectivity index is 1.90. The lowest BCUT2D eigenvalue weighted by atomic mass is 10.0. The Morgan fingerprint density at radius 1 is 1.07 bits per heavy atom. The third-order valence-electron chi connectivity index (χ3n) is 4.56. The normalized spacial score (nSPS) is 10.6. The molecule has 6 nitrogen and oxygen atoms in total. The number of benzene rings is 1. The Morgan fingerprint density at radius 2 is 1.83 bits per heavy atom. The lowest BCUT2D eigenvalue weighted by molar-refractivity contribution is 0.0595. The predicted octanol–water partition coefficient (Wildman–Crippen LogP) is 5.10. The molecule has 1 aromatic carbocycles. The predicted molar refractivity (Wildman–Crippen MR) is 113 cm³/mol. The Morgan fingerprint density at radius 3 is 2.55 bits per heavy atom. The molecule has 0 bridgehead atoms. The number of thiazole rings is 1. The molecule has 2 aromatic rings. The fourth-order valence-electron chi connectivity index (χ4n) is 2.95. The number of carbonyl (C=O) groups is 2. The molecule has 0 atom stereocenters. The zero-order chi connectivity index (χ0) is 21.1. The fraction of sp³-hybridized carbons (Fsp3) is 0.500. The zero-order valence-electron chi connectivity index (χ0n) is 17.4. The Kier molecular flexibility index (Phi) is 9.64. The maximum absolute atomic E-state index is 12.3. The summed E-state index contributed by atoms with van der Waals surface area (Å²) in [6.45, 7) is 2.07. The molecule has 29 heavy (non-hydrogen) atoms. The molecule has 0 aliphatic heterocycles. The van der Waals surface area contributed by atoms with E-state index < -0.39 is 5.97 Å². The first-order valence-corrected chi connectivity index (χ1v) is 10.8. The molecule has 0 radical (unpaired) electrons. The van der Waals surface area contributed by atoms with Crippen molar-refractivity contribution in [3.63, 3.8) is 0 Å². The molecule has 0 aliphatic carbocycles. The minimum atomic E-state index is -0.560. The minimum Gasteiger partial charge on any atom is -0.496 e. The first-order valence-electron chi connectivity index (χ1n) is 9.95. The SMILES string of the molecule is CCCCCCCCc1cc(OCC(=O)c2nc(C(=O)OC)cs2)ccc1OC. The molecule has 0 spiro atoms. The topological polar surface area (TPSA) is 74.7 Å². The van der Waals surface area contributed by atoms with Crippen LogP contribution in [-0.4, -0.2) is 37.6 Å². The Bertz CT molecular complexity index is 802. The van der Waals surface area contributed by atoms with Gasteiger partial charge in [-0.1, -0.05) is 39.0 Å². The number of unbranched alkanes of at least 4 members (excludes halogenated alkanes) is 5. The van der Waals surface area contributed by atoms with Crippen LogP contribution in [0.3, 0.4) is 0 Å². The van der Waals surface area contributed by atoms with Crippen LogP contribution in [0.4, 0.5) is 0 Å². The second kappa shape index (κ2) is 12.2. The Labute approximate surface area is 176 Å². The molecule has 1 aromatic heterocycles. The van der Waals surface area contributed by atoms with Gasteiger partial charge in [-0.15, -0.1) is 11.3 Å². The molecule has 0 saturated carbocycles. The summed E-state index contributed by atoms with van der Waals surface area (Å²) in [6, 6.07) is 5.59. The molecule has 1 heterocycles. The molecule has 158 valence electrons. The van der Waals surface area contributed by atoms with Gasteiger partial charge < -0.3 is 14.2 Å². The van der Waals surface area contributed by atoms with Gasteiger partial charge in [-0.3, -0.25) is 4.79 Å². The lowest BCUT2D eigenvalue weighted by Crippen LogP contribution is -2.12. The van der Waals surface area contributed by atoms with Crippen LogP contribution in [0.25, 0.3) is 0 Å². The fourth-order valence-corrected chi connectivity index (χ4v) is 3.66. The quantitative estimate of drug-likeness (QED) is 0.255. The smallest absolute Gasteiger partial charge is 0.357 e. The number of hydrogen-bond acceptors (Lipinski definition) is 7. The molecule has 0 amide bonds. The molecular formula is C22H29NO5S. The van der Waals surface area contributed by atoms with Gasteiger partial charge in [-0.05, 0) is 36.6 Å². The number of hydrogen-bond donors (Lipinski definition) is 0. The van der Waals surface area contributed by atoms with E-state index in [-0.39, 0.29) is 23.1 Å². The third kappa shape index (κ3) is 7.16. The van der Waals surface area contributed by atoms with E-state index in [1.54, 1.807) is 13.2 Å². The van der Waals surface area contributed by atoms with Crippen LogP contribution in [0.15, 0.2) is 23.6 Å². The van der Waals surface area contributed by atoms with Crippen molar-refractivity contribution in [2.45, 2.75) is 51.9 Å². The van der Waals surface area contributed by atoms with Gasteiger partial charge in [0.1, 0.15) is 11.5 Å². The van der Waals surface area contributed by atoms with Crippen molar-refractivity contribution >= 4 is 23.1 Å². The molecule has 0 saturated heterocycles. The lowest BCUT2D eigenvalue weighted by Gasteiger charge is -2.11. The maximum atomic E-state index is 12.3.